The van der Waals surface area contributed by atoms with Gasteiger partial charge in [-0.05, 0) is 70.2 Å². The van der Waals surface area contributed by atoms with Gasteiger partial charge in [0.1, 0.15) is 5.60 Å². The largest absolute Gasteiger partial charge is 0.463 e. The minimum atomic E-state index is -0.570. The van der Waals surface area contributed by atoms with Crippen molar-refractivity contribution in [2.45, 2.75) is 59.1 Å². The third kappa shape index (κ3) is 5.25. The molecule has 6 heteroatoms. The van der Waals surface area contributed by atoms with Gasteiger partial charge in [0, 0.05) is 18.3 Å². The lowest BCUT2D eigenvalue weighted by Gasteiger charge is -2.38. The van der Waals surface area contributed by atoms with Gasteiger partial charge in [0.2, 0.25) is 0 Å². The van der Waals surface area contributed by atoms with Gasteiger partial charge >= 0.3 is 12.1 Å². The first kappa shape index (κ1) is 20.8. The smallest absolute Gasteiger partial charge is 0.410 e. The van der Waals surface area contributed by atoms with Crippen molar-refractivity contribution >= 4 is 17.7 Å². The molecule has 0 saturated carbocycles. The van der Waals surface area contributed by atoms with E-state index in [9.17, 15) is 9.59 Å². The van der Waals surface area contributed by atoms with Crippen molar-refractivity contribution in [2.24, 2.45) is 0 Å². The van der Waals surface area contributed by atoms with Crippen LogP contribution in [0.4, 0.5) is 10.5 Å². The fourth-order valence-corrected chi connectivity index (χ4v) is 3.27. The summed E-state index contributed by atoms with van der Waals surface area (Å²) in [6, 6.07) is 3.62. The second kappa shape index (κ2) is 8.46. The molecule has 1 aliphatic rings. The molecule has 1 heterocycles. The summed E-state index contributed by atoms with van der Waals surface area (Å²) in [5, 5.41) is 0. The summed E-state index contributed by atoms with van der Waals surface area (Å²) < 4.78 is 10.5. The summed E-state index contributed by atoms with van der Waals surface area (Å²) in [5.74, 6) is -0.383. The number of nitrogens with zero attached hydrogens (tertiary/aromatic N) is 1. The van der Waals surface area contributed by atoms with Gasteiger partial charge in [-0.25, -0.2) is 9.59 Å². The Morgan fingerprint density at radius 3 is 2.67 bits per heavy atom. The Morgan fingerprint density at radius 2 is 2.04 bits per heavy atom. The van der Waals surface area contributed by atoms with Gasteiger partial charge < -0.3 is 20.1 Å². The number of esters is 1. The second-order valence-corrected chi connectivity index (χ2v) is 7.68. The Labute approximate surface area is 161 Å². The highest BCUT2D eigenvalue weighted by Crippen LogP contribution is 2.36. The molecule has 27 heavy (non-hydrogen) atoms. The van der Waals surface area contributed by atoms with Crippen LogP contribution in [0.15, 0.2) is 24.3 Å². The predicted molar refractivity (Wildman–Crippen MR) is 105 cm³/mol. The molecule has 1 aromatic rings. The van der Waals surface area contributed by atoms with Gasteiger partial charge in [-0.1, -0.05) is 12.1 Å². The van der Waals surface area contributed by atoms with E-state index in [4.69, 9.17) is 15.2 Å². The monoisotopic (exact) mass is 374 g/mol. The maximum Gasteiger partial charge on any atom is 0.410 e. The van der Waals surface area contributed by atoms with E-state index >= 15 is 0 Å². The van der Waals surface area contributed by atoms with E-state index in [1.165, 1.54) is 11.6 Å². The summed E-state index contributed by atoms with van der Waals surface area (Å²) in [6.07, 6.45) is 4.03. The van der Waals surface area contributed by atoms with Gasteiger partial charge in [-0.15, -0.1) is 0 Å². The van der Waals surface area contributed by atoms with E-state index in [2.05, 4.69) is 0 Å². The van der Waals surface area contributed by atoms with Gasteiger partial charge in [0.05, 0.1) is 12.6 Å². The quantitative estimate of drug-likeness (QED) is 0.491. The molecule has 0 bridgehead atoms. The molecular formula is C21H30N2O4. The van der Waals surface area contributed by atoms with Crippen LogP contribution in [-0.2, 0) is 20.7 Å². The van der Waals surface area contributed by atoms with Gasteiger partial charge in [0.25, 0.3) is 0 Å². The second-order valence-electron chi connectivity index (χ2n) is 7.68. The molecule has 1 aromatic carbocycles. The summed E-state index contributed by atoms with van der Waals surface area (Å²) >= 11 is 0. The van der Waals surface area contributed by atoms with Crippen LogP contribution in [0, 0.1) is 6.92 Å². The lowest BCUT2D eigenvalue weighted by molar-refractivity contribution is -0.137. The van der Waals surface area contributed by atoms with Crippen molar-refractivity contribution < 1.29 is 19.1 Å². The number of hydrogen-bond donors (Lipinski definition) is 1. The highest BCUT2D eigenvalue weighted by molar-refractivity contribution is 5.81. The van der Waals surface area contributed by atoms with Crippen LogP contribution in [0.1, 0.15) is 56.8 Å². The average Bonchev–Trinajstić information content (AvgIpc) is 2.57. The number of nitrogen functional groups attached to an aromatic ring is 1. The zero-order chi connectivity index (χ0) is 20.2. The molecule has 2 rings (SSSR count). The molecule has 1 amide bonds. The molecule has 1 aliphatic heterocycles. The van der Waals surface area contributed by atoms with Crippen molar-refractivity contribution in [1.29, 1.82) is 0 Å². The SMILES string of the molecule is CCOC(=O)/C=C/CC1c2ccc(N)c(C)c2CCN1C(=O)OC(C)(C)C. The Hall–Kier alpha value is -2.50. The van der Waals surface area contributed by atoms with E-state index in [0.717, 1.165) is 23.2 Å². The Balaban J connectivity index is 2.32. The number of carbonyl (C=O) groups is 2. The molecule has 1 unspecified atom stereocenters. The maximum absolute atomic E-state index is 12.7. The first-order valence-electron chi connectivity index (χ1n) is 9.34. The van der Waals surface area contributed by atoms with Crippen molar-refractivity contribution in [1.82, 2.24) is 4.90 Å². The average molecular weight is 374 g/mol. The lowest BCUT2D eigenvalue weighted by Crippen LogP contribution is -2.43. The number of amides is 1. The van der Waals surface area contributed by atoms with Crippen LogP contribution in [0.3, 0.4) is 0 Å². The van der Waals surface area contributed by atoms with E-state index < -0.39 is 5.60 Å². The van der Waals surface area contributed by atoms with E-state index in [-0.39, 0.29) is 18.1 Å². The third-order valence-corrected chi connectivity index (χ3v) is 4.54. The van der Waals surface area contributed by atoms with Crippen molar-refractivity contribution in [3.05, 3.63) is 41.0 Å². The molecule has 2 N–H and O–H groups in total. The Morgan fingerprint density at radius 1 is 1.33 bits per heavy atom. The zero-order valence-corrected chi connectivity index (χ0v) is 16.9. The molecule has 1 atom stereocenters. The number of rotatable bonds is 4. The molecular weight excluding hydrogens is 344 g/mol. The summed E-state index contributed by atoms with van der Waals surface area (Å²) in [5.41, 5.74) is 9.51. The summed E-state index contributed by atoms with van der Waals surface area (Å²) in [6.45, 7) is 10.2. The van der Waals surface area contributed by atoms with Crippen LogP contribution in [0.25, 0.3) is 0 Å². The molecule has 0 aliphatic carbocycles. The van der Waals surface area contributed by atoms with Crippen molar-refractivity contribution in [2.75, 3.05) is 18.9 Å². The molecule has 148 valence electrons. The minimum absolute atomic E-state index is 0.214. The van der Waals surface area contributed by atoms with Crippen LogP contribution in [0.2, 0.25) is 0 Å². The third-order valence-electron chi connectivity index (χ3n) is 4.54. The number of hydrogen-bond acceptors (Lipinski definition) is 5. The predicted octanol–water partition coefficient (Wildman–Crippen LogP) is 3.92. The van der Waals surface area contributed by atoms with Crippen molar-refractivity contribution in [3.63, 3.8) is 0 Å². The summed E-state index contributed by atoms with van der Waals surface area (Å²) in [4.78, 5) is 26.1. The zero-order valence-electron chi connectivity index (χ0n) is 16.9. The maximum atomic E-state index is 12.7. The standard InChI is InChI=1S/C21H30N2O4/c1-6-26-19(24)9-7-8-18-16-10-11-17(22)14(2)15(16)12-13-23(18)20(25)27-21(3,4)5/h7,9-11,18H,6,8,12-13,22H2,1-5H3/b9-7+. The first-order valence-corrected chi connectivity index (χ1v) is 9.34. The highest BCUT2D eigenvalue weighted by Gasteiger charge is 2.33. The van der Waals surface area contributed by atoms with Crippen LogP contribution >= 0.6 is 0 Å². The van der Waals surface area contributed by atoms with Crippen molar-refractivity contribution in [3.8, 4) is 0 Å². The number of carbonyl (C=O) groups excluding carboxylic acids is 2. The highest BCUT2D eigenvalue weighted by atomic mass is 16.6. The topological polar surface area (TPSA) is 81.9 Å². The van der Waals surface area contributed by atoms with Crippen LogP contribution < -0.4 is 5.73 Å². The summed E-state index contributed by atoms with van der Waals surface area (Å²) in [7, 11) is 0. The Kier molecular flexibility index (Phi) is 6.52. The molecule has 6 nitrogen and oxygen atoms in total. The minimum Gasteiger partial charge on any atom is -0.463 e. The fourth-order valence-electron chi connectivity index (χ4n) is 3.27. The first-order chi connectivity index (χ1) is 12.6. The van der Waals surface area contributed by atoms with Gasteiger partial charge in [-0.2, -0.15) is 0 Å². The molecule has 0 fully saturated rings. The molecule has 0 spiro atoms. The normalized spacial score (nSPS) is 16.9. The van der Waals surface area contributed by atoms with Crippen LogP contribution in [0.5, 0.6) is 0 Å². The molecule has 0 aromatic heterocycles. The van der Waals surface area contributed by atoms with E-state index in [1.54, 1.807) is 17.9 Å². The lowest BCUT2D eigenvalue weighted by atomic mass is 9.87. The number of benzene rings is 1. The number of anilines is 1. The van der Waals surface area contributed by atoms with Gasteiger partial charge in [0.15, 0.2) is 0 Å². The molecule has 0 saturated heterocycles. The van der Waals surface area contributed by atoms with E-state index in [1.807, 2.05) is 39.8 Å². The van der Waals surface area contributed by atoms with E-state index in [0.29, 0.717) is 19.6 Å². The number of nitrogens with two attached hydrogens (primary N) is 1. The van der Waals surface area contributed by atoms with Gasteiger partial charge in [-0.3, -0.25) is 0 Å². The number of fused-ring (bicyclic) bond motifs is 1. The van der Waals surface area contributed by atoms with Crippen LogP contribution in [-0.4, -0.2) is 35.7 Å². The number of ether oxygens (including phenoxy) is 2. The fraction of sp³-hybridized carbons (Fsp3) is 0.524. The Bertz CT molecular complexity index is 734. The molecule has 0 radical (unpaired) electrons.